The van der Waals surface area contributed by atoms with E-state index >= 15 is 0 Å². The minimum absolute atomic E-state index is 0. The average molecular weight is 643 g/mol. The Morgan fingerprint density at radius 2 is 1.25 bits per heavy atom. The van der Waals surface area contributed by atoms with Crippen molar-refractivity contribution >= 4 is 6.48 Å². The van der Waals surface area contributed by atoms with Gasteiger partial charge in [0.15, 0.2) is 0 Å². The largest absolute Gasteiger partial charge is 1.00 e. The fourth-order valence-electron chi connectivity index (χ4n) is 6.64. The molecule has 0 aromatic heterocycles. The van der Waals surface area contributed by atoms with E-state index in [2.05, 4.69) is 144 Å². The topological polar surface area (TPSA) is 0 Å². The maximum atomic E-state index is 2.58. The van der Waals surface area contributed by atoms with Gasteiger partial charge in [0.2, 0.25) is 0 Å². The number of halogens is 2. The number of hydrogen-bond acceptors (Lipinski definition) is 0. The normalized spacial score (nSPS) is 15.2. The molecule has 0 saturated carbocycles. The first-order chi connectivity index (χ1) is 18.3. The third-order valence-corrected chi connectivity index (χ3v) is 16.7. The van der Waals surface area contributed by atoms with Gasteiger partial charge in [0.05, 0.1) is 0 Å². The van der Waals surface area contributed by atoms with E-state index in [4.69, 9.17) is 0 Å². The summed E-state index contributed by atoms with van der Waals surface area (Å²) in [4.78, 5) is 0. The SMILES string of the molecule is CC1=[C]([Zr+2](=[C](c2ccccc2)c2ccccc2)[c]2cccc3c2Cc2ccccc2-3)C(C)C=C1C(C)(C)C.[Cl-].[Cl-]. The molecule has 1 atom stereocenters. The zero-order chi connectivity index (χ0) is 26.4. The van der Waals surface area contributed by atoms with Gasteiger partial charge in [-0.25, -0.2) is 0 Å². The molecule has 0 saturated heterocycles. The molecule has 0 heterocycles. The van der Waals surface area contributed by atoms with Crippen LogP contribution in [0.2, 0.25) is 0 Å². The number of benzene rings is 4. The van der Waals surface area contributed by atoms with Gasteiger partial charge in [0, 0.05) is 0 Å². The monoisotopic (exact) mass is 640 g/mol. The summed E-state index contributed by atoms with van der Waals surface area (Å²) in [5, 5.41) is 0. The summed E-state index contributed by atoms with van der Waals surface area (Å²) in [5.41, 5.74) is 11.9. The van der Waals surface area contributed by atoms with Crippen molar-refractivity contribution in [2.45, 2.75) is 41.0 Å². The second-order valence-electron chi connectivity index (χ2n) is 11.8. The zero-order valence-corrected chi connectivity index (χ0v) is 27.9. The van der Waals surface area contributed by atoms with Crippen LogP contribution in [0.25, 0.3) is 11.1 Å². The maximum Gasteiger partial charge on any atom is -1.00 e. The quantitative estimate of drug-likeness (QED) is 0.283. The summed E-state index contributed by atoms with van der Waals surface area (Å²) in [6, 6.07) is 38.7. The van der Waals surface area contributed by atoms with Crippen LogP contribution in [0.3, 0.4) is 0 Å². The molecule has 202 valence electrons. The Labute approximate surface area is 260 Å². The van der Waals surface area contributed by atoms with Crippen molar-refractivity contribution in [3.63, 3.8) is 0 Å². The standard InChI is InChI=1S/C13H9.C13H10.C11H17.2ClH.Zr/c1-3-7-12-10(5-1)9-11-6-2-4-8-13(11)12;1-3-7-12(8-4-1)11-13-9-5-2-6-10-13;1-8-6-9(2)10(7-8)11(3,4)5;;;/h1-5,7-8H,9H2;1-10H;7-8H,1-5H3;2*1H;/q;;;;;+2/p-2. The average Bonchev–Trinajstić information content (AvgIpc) is 3.45. The molecular weight excluding hydrogens is 607 g/mol. The molecule has 0 fully saturated rings. The Balaban J connectivity index is 0.00000185. The summed E-state index contributed by atoms with van der Waals surface area (Å²) in [7, 11) is 0. The smallest absolute Gasteiger partial charge is 1.00 e. The maximum absolute atomic E-state index is 2.72. The van der Waals surface area contributed by atoms with Gasteiger partial charge in [-0.3, -0.25) is 0 Å². The van der Waals surface area contributed by atoms with E-state index < -0.39 is 21.3 Å². The summed E-state index contributed by atoms with van der Waals surface area (Å²) in [6.45, 7) is 12.0. The number of allylic oxidation sites excluding steroid dienone is 4. The Kier molecular flexibility index (Phi) is 9.41. The predicted octanol–water partition coefficient (Wildman–Crippen LogP) is 2.67. The van der Waals surface area contributed by atoms with Crippen molar-refractivity contribution in [3.8, 4) is 11.1 Å². The molecule has 1 unspecified atom stereocenters. The molecule has 40 heavy (non-hydrogen) atoms. The fourth-order valence-corrected chi connectivity index (χ4v) is 15.4. The molecule has 6 rings (SSSR count). The minimum Gasteiger partial charge on any atom is -1.00 e. The van der Waals surface area contributed by atoms with E-state index in [9.17, 15) is 0 Å². The van der Waals surface area contributed by atoms with Gasteiger partial charge in [-0.15, -0.1) is 0 Å². The van der Waals surface area contributed by atoms with Gasteiger partial charge in [-0.1, -0.05) is 0 Å². The van der Waals surface area contributed by atoms with E-state index in [-0.39, 0.29) is 30.2 Å². The summed E-state index contributed by atoms with van der Waals surface area (Å²) in [6.07, 6.45) is 3.62. The molecule has 0 N–H and O–H groups in total. The van der Waals surface area contributed by atoms with Crippen LogP contribution in [0, 0.1) is 11.3 Å². The van der Waals surface area contributed by atoms with Crippen LogP contribution in [-0.2, 0) is 27.7 Å². The van der Waals surface area contributed by atoms with Crippen molar-refractivity contribution in [1.29, 1.82) is 0 Å². The van der Waals surface area contributed by atoms with E-state index in [1.54, 1.807) is 20.9 Å². The van der Waals surface area contributed by atoms with E-state index in [1.807, 2.05) is 0 Å². The summed E-state index contributed by atoms with van der Waals surface area (Å²) in [5.74, 6) is 0.459. The first-order valence-corrected chi connectivity index (χ1v) is 17.5. The van der Waals surface area contributed by atoms with Gasteiger partial charge in [0.25, 0.3) is 0 Å². The van der Waals surface area contributed by atoms with Gasteiger partial charge < -0.3 is 24.8 Å². The molecule has 0 nitrogen and oxygen atoms in total. The van der Waals surface area contributed by atoms with Crippen LogP contribution in [0.5, 0.6) is 0 Å². The second-order valence-corrected chi connectivity index (χ2v) is 17.5. The van der Waals surface area contributed by atoms with Crippen LogP contribution < -0.4 is 28.1 Å². The first-order valence-electron chi connectivity index (χ1n) is 13.8. The van der Waals surface area contributed by atoms with Crippen molar-refractivity contribution < 1.29 is 46.1 Å². The number of fused-ring (bicyclic) bond motifs is 3. The van der Waals surface area contributed by atoms with Crippen LogP contribution >= 0.6 is 0 Å². The molecule has 3 heteroatoms. The molecule has 4 aromatic rings. The Morgan fingerprint density at radius 1 is 0.700 bits per heavy atom. The first kappa shape index (κ1) is 30.6. The van der Waals surface area contributed by atoms with Crippen LogP contribution in [0.4, 0.5) is 0 Å². The molecule has 0 amide bonds. The van der Waals surface area contributed by atoms with Crippen molar-refractivity contribution in [3.05, 3.63) is 146 Å². The molecule has 0 bridgehead atoms. The number of hydrogen-bond donors (Lipinski definition) is 0. The Morgan fingerprint density at radius 3 is 1.82 bits per heavy atom. The van der Waals surface area contributed by atoms with Crippen LogP contribution in [0.15, 0.2) is 124 Å². The van der Waals surface area contributed by atoms with Crippen LogP contribution in [0.1, 0.15) is 56.9 Å². The third kappa shape index (κ3) is 5.46. The molecule has 4 aromatic carbocycles. The molecule has 0 radical (unpaired) electrons. The van der Waals surface area contributed by atoms with Gasteiger partial charge in [-0.05, 0) is 0 Å². The third-order valence-electron chi connectivity index (χ3n) is 8.25. The molecule has 0 aliphatic heterocycles. The van der Waals surface area contributed by atoms with Crippen molar-refractivity contribution in [2.24, 2.45) is 11.3 Å². The Hall–Kier alpha value is -2.31. The summed E-state index contributed by atoms with van der Waals surface area (Å²) >= 11 is -2.72. The van der Waals surface area contributed by atoms with Crippen LogP contribution in [-0.4, -0.2) is 3.21 Å². The zero-order valence-electron chi connectivity index (χ0n) is 23.9. The minimum atomic E-state index is -2.72. The molecule has 2 aliphatic carbocycles. The van der Waals surface area contributed by atoms with Gasteiger partial charge in [-0.2, -0.15) is 0 Å². The number of rotatable bonds is 4. The molecular formula is C37H36Cl2Zr. The Bertz CT molecular complexity index is 1580. The van der Waals surface area contributed by atoms with E-state index in [0.717, 1.165) is 6.42 Å². The van der Waals surface area contributed by atoms with Gasteiger partial charge >= 0.3 is 237 Å². The van der Waals surface area contributed by atoms with Crippen molar-refractivity contribution in [2.75, 3.05) is 0 Å². The molecule has 2 aliphatic rings. The second kappa shape index (κ2) is 12.3. The van der Waals surface area contributed by atoms with E-state index in [0.29, 0.717) is 5.92 Å². The predicted molar refractivity (Wildman–Crippen MR) is 160 cm³/mol. The van der Waals surface area contributed by atoms with Gasteiger partial charge in [0.1, 0.15) is 0 Å². The van der Waals surface area contributed by atoms with Crippen molar-refractivity contribution in [1.82, 2.24) is 0 Å². The van der Waals surface area contributed by atoms with E-state index in [1.165, 1.54) is 33.4 Å². The summed E-state index contributed by atoms with van der Waals surface area (Å²) < 4.78 is 4.99. The fraction of sp³-hybridized carbons (Fsp3) is 0.216. The molecule has 0 spiro atoms.